The van der Waals surface area contributed by atoms with Gasteiger partial charge in [0.15, 0.2) is 0 Å². The monoisotopic (exact) mass is 260 g/mol. The maximum Gasteiger partial charge on any atom is 0.0527 e. The molecule has 19 heavy (non-hydrogen) atoms. The van der Waals surface area contributed by atoms with E-state index in [1.54, 1.807) is 0 Å². The van der Waals surface area contributed by atoms with E-state index in [4.69, 9.17) is 0 Å². The molecule has 2 fully saturated rings. The Labute approximate surface area is 115 Å². The Morgan fingerprint density at radius 3 is 2.68 bits per heavy atom. The van der Waals surface area contributed by atoms with Gasteiger partial charge in [0.05, 0.1) is 6.61 Å². The molecule has 3 rings (SSSR count). The molecule has 0 bridgehead atoms. The Kier molecular flexibility index (Phi) is 3.61. The molecule has 1 aromatic rings. The summed E-state index contributed by atoms with van der Waals surface area (Å²) in [7, 11) is 0. The molecule has 104 valence electrons. The molecule has 1 aromatic carbocycles. The van der Waals surface area contributed by atoms with Crippen LogP contribution in [0.4, 0.5) is 0 Å². The summed E-state index contributed by atoms with van der Waals surface area (Å²) >= 11 is 0. The Morgan fingerprint density at radius 1 is 1.32 bits per heavy atom. The molecule has 0 amide bonds. The summed E-state index contributed by atoms with van der Waals surface area (Å²) in [6, 6.07) is 9.34. The summed E-state index contributed by atoms with van der Waals surface area (Å²) in [5.74, 6) is 0. The Bertz CT molecular complexity index is 436. The van der Waals surface area contributed by atoms with Gasteiger partial charge in [0.25, 0.3) is 0 Å². The summed E-state index contributed by atoms with van der Waals surface area (Å²) in [6.07, 6.45) is 2.27. The van der Waals surface area contributed by atoms with Gasteiger partial charge in [0, 0.05) is 37.6 Å². The van der Waals surface area contributed by atoms with Crippen LogP contribution in [0.1, 0.15) is 36.9 Å². The molecule has 1 unspecified atom stereocenters. The highest BCUT2D eigenvalue weighted by atomic mass is 16.3. The van der Waals surface area contributed by atoms with Crippen LogP contribution in [0.2, 0.25) is 0 Å². The summed E-state index contributed by atoms with van der Waals surface area (Å²) in [6.45, 7) is 7.00. The molecule has 1 atom stereocenters. The first-order valence-electron chi connectivity index (χ1n) is 7.41. The zero-order valence-electron chi connectivity index (χ0n) is 11.7. The topological polar surface area (TPSA) is 35.5 Å². The van der Waals surface area contributed by atoms with Crippen LogP contribution < -0.4 is 5.32 Å². The first kappa shape index (κ1) is 13.1. The first-order chi connectivity index (χ1) is 9.25. The molecule has 1 aliphatic heterocycles. The smallest absolute Gasteiger partial charge is 0.0527 e. The Morgan fingerprint density at radius 2 is 2.05 bits per heavy atom. The van der Waals surface area contributed by atoms with E-state index in [2.05, 4.69) is 41.4 Å². The minimum Gasteiger partial charge on any atom is -0.395 e. The van der Waals surface area contributed by atoms with Crippen LogP contribution in [0, 0.1) is 0 Å². The summed E-state index contributed by atoms with van der Waals surface area (Å²) in [4.78, 5) is 2.54. The van der Waals surface area contributed by atoms with Crippen molar-refractivity contribution in [3.63, 3.8) is 0 Å². The van der Waals surface area contributed by atoms with Crippen LogP contribution in [0.5, 0.6) is 0 Å². The standard InChI is InChI=1S/C16H24N2O/c1-13(18-9-7-17-8-10-18)14-3-2-4-15(11-14)16(12-19)5-6-16/h2-4,11,13,17,19H,5-10,12H2,1H3. The maximum absolute atomic E-state index is 9.57. The van der Waals surface area contributed by atoms with E-state index in [0.29, 0.717) is 12.6 Å². The Balaban J connectivity index is 1.78. The van der Waals surface area contributed by atoms with Crippen LogP contribution in [-0.4, -0.2) is 42.8 Å². The number of aliphatic hydroxyl groups excluding tert-OH is 1. The quantitative estimate of drug-likeness (QED) is 0.864. The fourth-order valence-corrected chi connectivity index (χ4v) is 3.10. The molecule has 3 nitrogen and oxygen atoms in total. The molecule has 1 saturated heterocycles. The van der Waals surface area contributed by atoms with E-state index in [1.807, 2.05) is 0 Å². The van der Waals surface area contributed by atoms with E-state index in [-0.39, 0.29) is 5.41 Å². The van der Waals surface area contributed by atoms with Gasteiger partial charge in [-0.15, -0.1) is 0 Å². The van der Waals surface area contributed by atoms with Crippen molar-refractivity contribution in [2.45, 2.75) is 31.2 Å². The second kappa shape index (κ2) is 5.23. The van der Waals surface area contributed by atoms with E-state index in [0.717, 1.165) is 39.0 Å². The molecule has 3 heteroatoms. The summed E-state index contributed by atoms with van der Waals surface area (Å²) in [5, 5.41) is 13.0. The lowest BCUT2D eigenvalue weighted by atomic mass is 9.93. The van der Waals surface area contributed by atoms with Crippen molar-refractivity contribution >= 4 is 0 Å². The highest BCUT2D eigenvalue weighted by Gasteiger charge is 2.43. The zero-order valence-corrected chi connectivity index (χ0v) is 11.7. The minimum absolute atomic E-state index is 0.0825. The van der Waals surface area contributed by atoms with Crippen LogP contribution in [0.25, 0.3) is 0 Å². The molecule has 1 saturated carbocycles. The normalized spacial score (nSPS) is 24.1. The third kappa shape index (κ3) is 2.55. The largest absolute Gasteiger partial charge is 0.395 e. The number of benzene rings is 1. The average molecular weight is 260 g/mol. The van der Waals surface area contributed by atoms with Gasteiger partial charge in [0.2, 0.25) is 0 Å². The van der Waals surface area contributed by atoms with Crippen molar-refractivity contribution in [1.29, 1.82) is 0 Å². The lowest BCUT2D eigenvalue weighted by Gasteiger charge is -2.33. The van der Waals surface area contributed by atoms with Gasteiger partial charge in [-0.25, -0.2) is 0 Å². The molecule has 0 radical (unpaired) electrons. The number of rotatable bonds is 4. The second-order valence-electron chi connectivity index (χ2n) is 6.03. The van der Waals surface area contributed by atoms with Crippen LogP contribution in [0.15, 0.2) is 24.3 Å². The molecule has 2 aliphatic rings. The van der Waals surface area contributed by atoms with Gasteiger partial charge in [-0.2, -0.15) is 0 Å². The van der Waals surface area contributed by atoms with Gasteiger partial charge in [-0.1, -0.05) is 24.3 Å². The SMILES string of the molecule is CC(c1cccc(C2(CO)CC2)c1)N1CCNCC1. The number of hydrogen-bond donors (Lipinski definition) is 2. The molecular formula is C16H24N2O. The number of piperazine rings is 1. The van der Waals surface area contributed by atoms with Gasteiger partial charge >= 0.3 is 0 Å². The fraction of sp³-hybridized carbons (Fsp3) is 0.625. The van der Waals surface area contributed by atoms with E-state index < -0.39 is 0 Å². The van der Waals surface area contributed by atoms with Gasteiger partial charge in [-0.05, 0) is 30.9 Å². The maximum atomic E-state index is 9.57. The van der Waals surface area contributed by atoms with Crippen molar-refractivity contribution in [1.82, 2.24) is 10.2 Å². The van der Waals surface area contributed by atoms with Gasteiger partial charge in [0.1, 0.15) is 0 Å². The van der Waals surface area contributed by atoms with Crippen LogP contribution >= 0.6 is 0 Å². The van der Waals surface area contributed by atoms with Crippen molar-refractivity contribution < 1.29 is 5.11 Å². The number of aliphatic hydroxyl groups is 1. The van der Waals surface area contributed by atoms with Gasteiger partial charge < -0.3 is 10.4 Å². The Hall–Kier alpha value is -0.900. The van der Waals surface area contributed by atoms with Crippen molar-refractivity contribution in [2.75, 3.05) is 32.8 Å². The first-order valence-corrected chi connectivity index (χ1v) is 7.41. The predicted octanol–water partition coefficient (Wildman–Crippen LogP) is 1.68. The van der Waals surface area contributed by atoms with E-state index in [9.17, 15) is 5.11 Å². The van der Waals surface area contributed by atoms with Crippen LogP contribution in [0.3, 0.4) is 0 Å². The predicted molar refractivity (Wildman–Crippen MR) is 77.3 cm³/mol. The molecule has 2 N–H and O–H groups in total. The molecule has 0 aromatic heterocycles. The zero-order chi connectivity index (χ0) is 13.3. The number of nitrogens with one attached hydrogen (secondary N) is 1. The van der Waals surface area contributed by atoms with E-state index in [1.165, 1.54) is 11.1 Å². The number of nitrogens with zero attached hydrogens (tertiary/aromatic N) is 1. The van der Waals surface area contributed by atoms with Crippen molar-refractivity contribution in [2.24, 2.45) is 0 Å². The lowest BCUT2D eigenvalue weighted by molar-refractivity contribution is 0.185. The van der Waals surface area contributed by atoms with Crippen molar-refractivity contribution in [3.8, 4) is 0 Å². The second-order valence-corrected chi connectivity index (χ2v) is 6.03. The third-order valence-corrected chi connectivity index (χ3v) is 4.84. The van der Waals surface area contributed by atoms with E-state index >= 15 is 0 Å². The highest BCUT2D eigenvalue weighted by Crippen LogP contribution is 2.48. The van der Waals surface area contributed by atoms with Gasteiger partial charge in [-0.3, -0.25) is 4.90 Å². The molecular weight excluding hydrogens is 236 g/mol. The van der Waals surface area contributed by atoms with Crippen LogP contribution in [-0.2, 0) is 5.41 Å². The molecule has 1 aliphatic carbocycles. The average Bonchev–Trinajstić information content (AvgIpc) is 3.29. The molecule has 1 heterocycles. The molecule has 0 spiro atoms. The summed E-state index contributed by atoms with van der Waals surface area (Å²) in [5.41, 5.74) is 2.80. The third-order valence-electron chi connectivity index (χ3n) is 4.84. The fourth-order valence-electron chi connectivity index (χ4n) is 3.10. The summed E-state index contributed by atoms with van der Waals surface area (Å²) < 4.78 is 0. The number of hydrogen-bond acceptors (Lipinski definition) is 3. The lowest BCUT2D eigenvalue weighted by Crippen LogP contribution is -2.44. The highest BCUT2D eigenvalue weighted by molar-refractivity contribution is 5.35. The minimum atomic E-state index is 0.0825. The van der Waals surface area contributed by atoms with Crippen molar-refractivity contribution in [3.05, 3.63) is 35.4 Å².